The van der Waals surface area contributed by atoms with Crippen molar-refractivity contribution >= 4 is 34.8 Å². The molecule has 25 heavy (non-hydrogen) atoms. The highest BCUT2D eigenvalue weighted by atomic mass is 35.5. The van der Waals surface area contributed by atoms with Gasteiger partial charge in [0.1, 0.15) is 0 Å². The van der Waals surface area contributed by atoms with Gasteiger partial charge in [0.2, 0.25) is 0 Å². The molecule has 4 rings (SSSR count). The molecule has 1 aromatic carbocycles. The van der Waals surface area contributed by atoms with Gasteiger partial charge in [-0.15, -0.1) is 0 Å². The topological polar surface area (TPSA) is 82.5 Å². The Kier molecular flexibility index (Phi) is 4.00. The molecule has 5 nitrogen and oxygen atoms in total. The molecule has 1 aromatic heterocycles. The average Bonchev–Trinajstić information content (AvgIpc) is 3.39. The number of aliphatic hydroxyl groups is 2. The van der Waals surface area contributed by atoms with E-state index in [9.17, 15) is 15.0 Å². The molecule has 0 saturated heterocycles. The van der Waals surface area contributed by atoms with Gasteiger partial charge < -0.3 is 15.5 Å². The molecule has 0 radical (unpaired) electrons. The maximum Gasteiger partial charge on any atom is 0.261 e. The van der Waals surface area contributed by atoms with E-state index in [1.165, 1.54) is 18.9 Å². The Balaban J connectivity index is 1.63. The number of nitrogens with zero attached hydrogens (tertiary/aromatic N) is 1. The molecule has 1 aliphatic carbocycles. The first kappa shape index (κ1) is 16.8. The van der Waals surface area contributed by atoms with Crippen LogP contribution in [0.1, 0.15) is 48.1 Å². The summed E-state index contributed by atoms with van der Waals surface area (Å²) in [4.78, 5) is 16.6. The molecule has 1 fully saturated rings. The number of hydrogen-bond donors (Lipinski definition) is 3. The molecule has 1 aliphatic heterocycles. The molecule has 130 valence electrons. The number of amides is 1. The van der Waals surface area contributed by atoms with Crippen LogP contribution in [0.5, 0.6) is 0 Å². The second kappa shape index (κ2) is 5.95. The molecule has 3 N–H and O–H groups in total. The quantitative estimate of drug-likeness (QED) is 0.759. The van der Waals surface area contributed by atoms with Gasteiger partial charge in [-0.25, -0.2) is 0 Å². The minimum Gasteiger partial charge on any atom is -0.387 e. The smallest absolute Gasteiger partial charge is 0.261 e. The highest BCUT2D eigenvalue weighted by molar-refractivity contribution is 6.38. The van der Waals surface area contributed by atoms with Crippen LogP contribution in [0.3, 0.4) is 0 Å². The van der Waals surface area contributed by atoms with Gasteiger partial charge in [-0.05, 0) is 42.5 Å². The van der Waals surface area contributed by atoms with Crippen LogP contribution in [0, 0.1) is 0 Å². The average molecular weight is 379 g/mol. The summed E-state index contributed by atoms with van der Waals surface area (Å²) >= 11 is 12.3. The Morgan fingerprint density at radius 3 is 2.60 bits per heavy atom. The maximum absolute atomic E-state index is 12.4. The van der Waals surface area contributed by atoms with E-state index >= 15 is 0 Å². The Bertz CT molecular complexity index is 852. The van der Waals surface area contributed by atoms with Crippen molar-refractivity contribution in [3.8, 4) is 0 Å². The first-order valence-corrected chi connectivity index (χ1v) is 8.82. The third-order valence-corrected chi connectivity index (χ3v) is 5.45. The van der Waals surface area contributed by atoms with E-state index in [-0.39, 0.29) is 27.7 Å². The van der Waals surface area contributed by atoms with Crippen LogP contribution >= 0.6 is 23.2 Å². The molecule has 2 aliphatic rings. The van der Waals surface area contributed by atoms with Crippen LogP contribution in [0.4, 0.5) is 5.69 Å². The predicted octanol–water partition coefficient (Wildman–Crippen LogP) is 3.53. The largest absolute Gasteiger partial charge is 0.387 e. The lowest BCUT2D eigenvalue weighted by Gasteiger charge is -2.24. The number of carbonyl (C=O) groups is 1. The van der Waals surface area contributed by atoms with Crippen LogP contribution < -0.4 is 5.32 Å². The Labute approximate surface area is 154 Å². The van der Waals surface area contributed by atoms with Crippen molar-refractivity contribution in [3.05, 3.63) is 57.3 Å². The summed E-state index contributed by atoms with van der Waals surface area (Å²) in [5, 5.41) is 24.5. The second-order valence-corrected chi connectivity index (χ2v) is 7.42. The van der Waals surface area contributed by atoms with E-state index in [1.807, 2.05) is 6.07 Å². The number of anilines is 1. The lowest BCUT2D eigenvalue weighted by Crippen LogP contribution is -2.36. The molecular weight excluding hydrogens is 363 g/mol. The molecular formula is C18H16Cl2N2O3. The third-order valence-electron chi connectivity index (χ3n) is 4.82. The highest BCUT2D eigenvalue weighted by Crippen LogP contribution is 2.48. The standard InChI is InChI=1S/C18H16Cl2N2O3/c19-11-4-5-12(20)16-15(11)18(25,17(24)22-16)7-14(23)13-6-3-10(8-21-13)9-1-2-9/h3-6,8-9,14,23,25H,1-2,7H2,(H,22,24). The van der Waals surface area contributed by atoms with Crippen LogP contribution in [0.25, 0.3) is 0 Å². The van der Waals surface area contributed by atoms with Crippen LogP contribution in [-0.2, 0) is 10.4 Å². The first-order chi connectivity index (χ1) is 11.9. The minimum atomic E-state index is -1.96. The monoisotopic (exact) mass is 378 g/mol. The number of aromatic nitrogens is 1. The second-order valence-electron chi connectivity index (χ2n) is 6.60. The number of benzene rings is 1. The maximum atomic E-state index is 12.4. The van der Waals surface area contributed by atoms with Crippen molar-refractivity contribution in [1.29, 1.82) is 0 Å². The van der Waals surface area contributed by atoms with E-state index in [2.05, 4.69) is 10.3 Å². The lowest BCUT2D eigenvalue weighted by molar-refractivity contribution is -0.137. The van der Waals surface area contributed by atoms with Crippen molar-refractivity contribution in [3.63, 3.8) is 0 Å². The summed E-state index contributed by atoms with van der Waals surface area (Å²) in [6.07, 6.45) is 2.69. The molecule has 0 bridgehead atoms. The Morgan fingerprint density at radius 2 is 1.96 bits per heavy atom. The van der Waals surface area contributed by atoms with Crippen LogP contribution in [-0.4, -0.2) is 21.1 Å². The van der Waals surface area contributed by atoms with Gasteiger partial charge in [-0.2, -0.15) is 0 Å². The zero-order valence-electron chi connectivity index (χ0n) is 13.2. The summed E-state index contributed by atoms with van der Waals surface area (Å²) < 4.78 is 0. The SMILES string of the molecule is O=C1Nc2c(Cl)ccc(Cl)c2C1(O)CC(O)c1ccc(C2CC2)cn1. The molecule has 2 heterocycles. The fourth-order valence-electron chi connectivity index (χ4n) is 3.26. The molecule has 2 unspecified atom stereocenters. The predicted molar refractivity (Wildman–Crippen MR) is 94.8 cm³/mol. The molecule has 7 heteroatoms. The normalized spacial score (nSPS) is 23.3. The number of rotatable bonds is 4. The van der Waals surface area contributed by atoms with Crippen molar-refractivity contribution < 1.29 is 15.0 Å². The Hall–Kier alpha value is -1.66. The van der Waals surface area contributed by atoms with E-state index in [0.29, 0.717) is 11.6 Å². The Morgan fingerprint density at radius 1 is 1.24 bits per heavy atom. The molecule has 1 saturated carbocycles. The third kappa shape index (κ3) is 2.81. The van der Waals surface area contributed by atoms with Gasteiger partial charge in [0.05, 0.1) is 22.5 Å². The number of carbonyl (C=O) groups excluding carboxylic acids is 1. The minimum absolute atomic E-state index is 0.195. The molecule has 0 spiro atoms. The van der Waals surface area contributed by atoms with Crippen molar-refractivity contribution in [2.75, 3.05) is 5.32 Å². The van der Waals surface area contributed by atoms with Crippen LogP contribution in [0.15, 0.2) is 30.5 Å². The van der Waals surface area contributed by atoms with E-state index < -0.39 is 17.6 Å². The zero-order chi connectivity index (χ0) is 17.8. The first-order valence-electron chi connectivity index (χ1n) is 8.06. The zero-order valence-corrected chi connectivity index (χ0v) is 14.7. The molecule has 2 atom stereocenters. The molecule has 1 amide bonds. The van der Waals surface area contributed by atoms with E-state index in [4.69, 9.17) is 23.2 Å². The van der Waals surface area contributed by atoms with Crippen LogP contribution in [0.2, 0.25) is 10.0 Å². The van der Waals surface area contributed by atoms with Gasteiger partial charge in [-0.3, -0.25) is 9.78 Å². The van der Waals surface area contributed by atoms with Gasteiger partial charge in [0, 0.05) is 23.2 Å². The number of fused-ring (bicyclic) bond motifs is 1. The van der Waals surface area contributed by atoms with Crippen molar-refractivity contribution in [2.45, 2.75) is 36.9 Å². The fourth-order valence-corrected chi connectivity index (χ4v) is 3.78. The van der Waals surface area contributed by atoms with E-state index in [0.717, 1.165) is 5.56 Å². The van der Waals surface area contributed by atoms with Gasteiger partial charge >= 0.3 is 0 Å². The van der Waals surface area contributed by atoms with Gasteiger partial charge in [-0.1, -0.05) is 29.3 Å². The molecule has 2 aromatic rings. The number of aliphatic hydroxyl groups excluding tert-OH is 1. The van der Waals surface area contributed by atoms with Gasteiger partial charge in [0.25, 0.3) is 5.91 Å². The number of halogens is 2. The van der Waals surface area contributed by atoms with Crippen molar-refractivity contribution in [2.24, 2.45) is 0 Å². The number of pyridine rings is 1. The van der Waals surface area contributed by atoms with Crippen molar-refractivity contribution in [1.82, 2.24) is 4.98 Å². The lowest BCUT2D eigenvalue weighted by atomic mass is 9.88. The summed E-state index contributed by atoms with van der Waals surface area (Å²) in [7, 11) is 0. The summed E-state index contributed by atoms with van der Waals surface area (Å²) in [5.74, 6) is -0.0949. The number of hydrogen-bond acceptors (Lipinski definition) is 4. The summed E-state index contributed by atoms with van der Waals surface area (Å²) in [6.45, 7) is 0. The van der Waals surface area contributed by atoms with Gasteiger partial charge in [0.15, 0.2) is 5.60 Å². The van der Waals surface area contributed by atoms with E-state index in [1.54, 1.807) is 18.3 Å². The summed E-state index contributed by atoms with van der Waals surface area (Å²) in [6, 6.07) is 6.72. The fraction of sp³-hybridized carbons (Fsp3) is 0.333. The highest BCUT2D eigenvalue weighted by Gasteiger charge is 2.49. The summed E-state index contributed by atoms with van der Waals surface area (Å²) in [5.41, 5.74) is 0.0602. The number of nitrogens with one attached hydrogen (secondary N) is 1.